The lowest BCUT2D eigenvalue weighted by molar-refractivity contribution is -0.713. The monoisotopic (exact) mass is 370 g/mol. The Morgan fingerprint density at radius 1 is 1.04 bits per heavy atom. The zero-order valence-electron chi connectivity index (χ0n) is 12.0. The lowest BCUT2D eigenvalue weighted by Crippen LogP contribution is -2.59. The van der Waals surface area contributed by atoms with Gasteiger partial charge in [-0.2, -0.15) is 9.83 Å². The van der Waals surface area contributed by atoms with E-state index in [0.717, 1.165) is 10.0 Å². The van der Waals surface area contributed by atoms with Crippen molar-refractivity contribution < 1.29 is 14.2 Å². The minimum Gasteiger partial charge on any atom is -0.289 e. The molecule has 0 aliphatic carbocycles. The van der Waals surface area contributed by atoms with Gasteiger partial charge in [0.05, 0.1) is 12.0 Å². The van der Waals surface area contributed by atoms with Crippen molar-refractivity contribution >= 4 is 27.7 Å². The van der Waals surface area contributed by atoms with Gasteiger partial charge in [-0.15, -0.1) is 0 Å². The number of nitrogens with one attached hydrogen (secondary N) is 1. The molecule has 0 radical (unpaired) electrons. The molecule has 0 bridgehead atoms. The van der Waals surface area contributed by atoms with E-state index in [-0.39, 0.29) is 0 Å². The van der Waals surface area contributed by atoms with Crippen LogP contribution in [0.4, 0.5) is 0 Å². The minimum absolute atomic E-state index is 0.398. The summed E-state index contributed by atoms with van der Waals surface area (Å²) in [5.41, 5.74) is 0.782. The largest absolute Gasteiger partial charge is 0.296 e. The van der Waals surface area contributed by atoms with Crippen LogP contribution in [-0.4, -0.2) is 11.8 Å². The molecule has 0 unspecified atom stereocenters. The normalized spacial score (nSPS) is 23.9. The van der Waals surface area contributed by atoms with E-state index in [2.05, 4.69) is 21.2 Å². The summed E-state index contributed by atoms with van der Waals surface area (Å²) >= 11 is 3.37. The van der Waals surface area contributed by atoms with Gasteiger partial charge in [-0.1, -0.05) is 34.1 Å². The molecule has 2 heterocycles. The van der Waals surface area contributed by atoms with Crippen molar-refractivity contribution in [2.75, 3.05) is 0 Å². The summed E-state index contributed by atoms with van der Waals surface area (Å²) < 4.78 is 2.63. The standard InChI is InChI=1S/C17H12BrN3O2/c18-12-6-4-11(5-7-12)14-13(10-19)16(22)20-17(23)15(14)21-8-2-1-3-9-21/h1-9,13-15H/p+1/t13-,14+,15-/m0/s1. The highest BCUT2D eigenvalue weighted by Gasteiger charge is 2.50. The molecule has 2 aromatic rings. The highest BCUT2D eigenvalue weighted by molar-refractivity contribution is 9.10. The van der Waals surface area contributed by atoms with Crippen LogP contribution >= 0.6 is 15.9 Å². The molecule has 1 N–H and O–H groups in total. The zero-order valence-corrected chi connectivity index (χ0v) is 13.6. The maximum absolute atomic E-state index is 12.4. The quantitative estimate of drug-likeness (QED) is 0.647. The Kier molecular flexibility index (Phi) is 4.22. The molecule has 23 heavy (non-hydrogen) atoms. The Bertz CT molecular complexity index is 784. The summed E-state index contributed by atoms with van der Waals surface area (Å²) in [6.07, 6.45) is 3.53. The van der Waals surface area contributed by atoms with Gasteiger partial charge in [0, 0.05) is 16.6 Å². The highest BCUT2D eigenvalue weighted by Crippen LogP contribution is 2.36. The van der Waals surface area contributed by atoms with Gasteiger partial charge in [0.15, 0.2) is 12.4 Å². The van der Waals surface area contributed by atoms with E-state index in [1.165, 1.54) is 0 Å². The van der Waals surface area contributed by atoms with Crippen molar-refractivity contribution in [1.82, 2.24) is 5.32 Å². The van der Waals surface area contributed by atoms with Gasteiger partial charge in [0.1, 0.15) is 5.92 Å². The molecule has 2 amide bonds. The number of aromatic nitrogens is 1. The number of benzene rings is 1. The average Bonchev–Trinajstić information content (AvgIpc) is 2.56. The van der Waals surface area contributed by atoms with E-state index >= 15 is 0 Å². The topological polar surface area (TPSA) is 73.8 Å². The van der Waals surface area contributed by atoms with Gasteiger partial charge in [0.2, 0.25) is 11.9 Å². The van der Waals surface area contributed by atoms with Gasteiger partial charge in [-0.05, 0) is 17.7 Å². The van der Waals surface area contributed by atoms with Crippen molar-refractivity contribution in [1.29, 1.82) is 5.26 Å². The number of rotatable bonds is 2. The fraction of sp³-hybridized carbons (Fsp3) is 0.176. The van der Waals surface area contributed by atoms with Crippen molar-refractivity contribution in [3.05, 3.63) is 64.9 Å². The van der Waals surface area contributed by atoms with E-state index in [9.17, 15) is 14.9 Å². The maximum Gasteiger partial charge on any atom is 0.296 e. The van der Waals surface area contributed by atoms with Gasteiger partial charge in [0.25, 0.3) is 5.91 Å². The number of imide groups is 1. The van der Waals surface area contributed by atoms with Crippen LogP contribution in [0.2, 0.25) is 0 Å². The number of piperidine rings is 1. The highest BCUT2D eigenvalue weighted by atomic mass is 79.9. The third kappa shape index (κ3) is 2.88. The predicted molar refractivity (Wildman–Crippen MR) is 84.8 cm³/mol. The fourth-order valence-electron chi connectivity index (χ4n) is 2.90. The van der Waals surface area contributed by atoms with Crippen LogP contribution in [0.5, 0.6) is 0 Å². The molecule has 5 nitrogen and oxygen atoms in total. The third-order valence-electron chi connectivity index (χ3n) is 3.95. The van der Waals surface area contributed by atoms with Crippen LogP contribution in [0.15, 0.2) is 59.3 Å². The summed E-state index contributed by atoms with van der Waals surface area (Å²) in [6.45, 7) is 0. The molecule has 3 rings (SSSR count). The van der Waals surface area contributed by atoms with E-state index in [1.54, 1.807) is 17.0 Å². The minimum atomic E-state index is -0.924. The first-order chi connectivity index (χ1) is 11.1. The Labute approximate surface area is 141 Å². The number of amides is 2. The molecular formula is C17H13BrN3O2+. The molecular weight excluding hydrogens is 358 g/mol. The van der Waals surface area contributed by atoms with Crippen LogP contribution in [0.25, 0.3) is 0 Å². The van der Waals surface area contributed by atoms with Gasteiger partial charge in [-0.3, -0.25) is 14.9 Å². The summed E-state index contributed by atoms with van der Waals surface area (Å²) in [7, 11) is 0. The molecule has 1 fully saturated rings. The Morgan fingerprint density at radius 2 is 1.70 bits per heavy atom. The third-order valence-corrected chi connectivity index (χ3v) is 4.48. The van der Waals surface area contributed by atoms with Gasteiger partial charge >= 0.3 is 0 Å². The van der Waals surface area contributed by atoms with Crippen LogP contribution < -0.4 is 9.88 Å². The maximum atomic E-state index is 12.4. The second kappa shape index (κ2) is 6.31. The van der Waals surface area contributed by atoms with Crippen molar-refractivity contribution in [2.45, 2.75) is 12.0 Å². The van der Waals surface area contributed by atoms with Crippen LogP contribution in [-0.2, 0) is 9.59 Å². The molecule has 1 aliphatic rings. The summed E-state index contributed by atoms with van der Waals surface area (Å²) in [4.78, 5) is 24.5. The number of hydrogen-bond acceptors (Lipinski definition) is 3. The van der Waals surface area contributed by atoms with Crippen molar-refractivity contribution in [3.63, 3.8) is 0 Å². The Morgan fingerprint density at radius 3 is 2.30 bits per heavy atom. The first-order valence-corrected chi connectivity index (χ1v) is 7.86. The summed E-state index contributed by atoms with van der Waals surface area (Å²) in [5, 5.41) is 11.8. The lowest BCUT2D eigenvalue weighted by atomic mass is 9.77. The van der Waals surface area contributed by atoms with Crippen LogP contribution in [0, 0.1) is 17.2 Å². The van der Waals surface area contributed by atoms with Crippen molar-refractivity contribution in [2.24, 2.45) is 5.92 Å². The van der Waals surface area contributed by atoms with E-state index < -0.39 is 29.7 Å². The average molecular weight is 371 g/mol. The number of hydrogen-bond donors (Lipinski definition) is 1. The second-order valence-corrected chi connectivity index (χ2v) is 6.22. The molecule has 1 aliphatic heterocycles. The Balaban J connectivity index is 2.13. The first kappa shape index (κ1) is 15.4. The molecule has 1 aromatic heterocycles. The SMILES string of the molecule is N#C[C@@H]1C(=O)NC(=O)[C@@H]([n+]2ccccc2)[C@@H]1c1ccc(Br)cc1. The first-order valence-electron chi connectivity index (χ1n) is 7.07. The predicted octanol–water partition coefficient (Wildman–Crippen LogP) is 1.86. The molecule has 3 atom stereocenters. The number of carbonyl (C=O) groups is 2. The van der Waals surface area contributed by atoms with Crippen LogP contribution in [0.3, 0.4) is 0 Å². The molecule has 0 spiro atoms. The number of nitrogens with zero attached hydrogens (tertiary/aromatic N) is 2. The van der Waals surface area contributed by atoms with Crippen LogP contribution in [0.1, 0.15) is 17.5 Å². The number of pyridine rings is 1. The van der Waals surface area contributed by atoms with E-state index in [1.807, 2.05) is 48.5 Å². The smallest absolute Gasteiger partial charge is 0.289 e. The zero-order chi connectivity index (χ0) is 16.4. The number of carbonyl (C=O) groups excluding carboxylic acids is 2. The summed E-state index contributed by atoms with van der Waals surface area (Å²) in [6, 6.07) is 14.2. The molecule has 114 valence electrons. The molecule has 1 aromatic carbocycles. The van der Waals surface area contributed by atoms with Crippen molar-refractivity contribution in [3.8, 4) is 6.07 Å². The number of nitriles is 1. The number of halogens is 1. The fourth-order valence-corrected chi connectivity index (χ4v) is 3.16. The molecule has 6 heteroatoms. The van der Waals surface area contributed by atoms with E-state index in [0.29, 0.717) is 0 Å². The summed E-state index contributed by atoms with van der Waals surface area (Å²) in [5.74, 6) is -2.41. The van der Waals surface area contributed by atoms with Gasteiger partial charge in [-0.25, -0.2) is 0 Å². The molecule has 1 saturated heterocycles. The van der Waals surface area contributed by atoms with Gasteiger partial charge < -0.3 is 0 Å². The second-order valence-electron chi connectivity index (χ2n) is 5.31. The Hall–Kier alpha value is -2.52. The molecule has 0 saturated carbocycles. The van der Waals surface area contributed by atoms with E-state index in [4.69, 9.17) is 0 Å². The lowest BCUT2D eigenvalue weighted by Gasteiger charge is -2.30.